The van der Waals surface area contributed by atoms with Crippen LogP contribution in [0.25, 0.3) is 0 Å². The van der Waals surface area contributed by atoms with Gasteiger partial charge in [-0.15, -0.1) is 0 Å². The molecule has 5 nitrogen and oxygen atoms in total. The van der Waals surface area contributed by atoms with Crippen molar-refractivity contribution in [1.82, 2.24) is 15.6 Å². The van der Waals surface area contributed by atoms with Crippen molar-refractivity contribution in [2.24, 2.45) is 0 Å². The number of hydrogen-bond donors (Lipinski definition) is 2. The first kappa shape index (κ1) is 17.4. The Morgan fingerprint density at radius 1 is 1.35 bits per heavy atom. The van der Waals surface area contributed by atoms with E-state index in [1.165, 1.54) is 0 Å². The van der Waals surface area contributed by atoms with Crippen LogP contribution in [0.2, 0.25) is 0 Å². The van der Waals surface area contributed by atoms with Gasteiger partial charge in [0.1, 0.15) is 5.60 Å². The number of carbonyl (C=O) groups is 1. The lowest BCUT2D eigenvalue weighted by atomic mass is 10.2. The molecule has 1 rings (SSSR count). The molecule has 0 fully saturated rings. The van der Waals surface area contributed by atoms with Gasteiger partial charge >= 0.3 is 6.09 Å². The van der Waals surface area contributed by atoms with Crippen LogP contribution in [0.15, 0.2) is 21.2 Å². The average molecular weight is 409 g/mol. The summed E-state index contributed by atoms with van der Waals surface area (Å²) in [6, 6.07) is 1.95. The number of ether oxygens (including phenoxy) is 1. The van der Waals surface area contributed by atoms with Crippen LogP contribution in [0, 0.1) is 0 Å². The average Bonchev–Trinajstić information content (AvgIpc) is 2.28. The standard InChI is InChI=1S/C13H19Br2N3O2/c1-13(2,3)20-12(19)17-5-4-16-8-11-10(15)6-9(14)7-18-11/h6-7,16H,4-5,8H2,1-3H3,(H,17,19). The third-order valence-electron chi connectivity index (χ3n) is 2.15. The summed E-state index contributed by atoms with van der Waals surface area (Å²) in [4.78, 5) is 15.7. The molecule has 0 aromatic carbocycles. The number of carbonyl (C=O) groups excluding carboxylic acids is 1. The molecule has 0 bridgehead atoms. The van der Waals surface area contributed by atoms with Gasteiger partial charge in [0.05, 0.1) is 5.69 Å². The fraction of sp³-hybridized carbons (Fsp3) is 0.538. The molecule has 1 amide bonds. The van der Waals surface area contributed by atoms with Crippen LogP contribution >= 0.6 is 31.9 Å². The van der Waals surface area contributed by atoms with Crippen LogP contribution in [-0.4, -0.2) is 29.8 Å². The smallest absolute Gasteiger partial charge is 0.407 e. The largest absolute Gasteiger partial charge is 0.444 e. The fourth-order valence-corrected chi connectivity index (χ4v) is 2.47. The first-order valence-electron chi connectivity index (χ1n) is 6.25. The highest BCUT2D eigenvalue weighted by molar-refractivity contribution is 9.11. The number of amides is 1. The van der Waals surface area contributed by atoms with Gasteiger partial charge in [-0.3, -0.25) is 4.98 Å². The van der Waals surface area contributed by atoms with Crippen molar-refractivity contribution in [3.63, 3.8) is 0 Å². The van der Waals surface area contributed by atoms with E-state index in [2.05, 4.69) is 47.5 Å². The second-order valence-electron chi connectivity index (χ2n) is 5.19. The van der Waals surface area contributed by atoms with Gasteiger partial charge in [-0.25, -0.2) is 4.79 Å². The number of halogens is 2. The molecule has 112 valence electrons. The summed E-state index contributed by atoms with van der Waals surface area (Å²) in [7, 11) is 0. The molecule has 0 saturated carbocycles. The van der Waals surface area contributed by atoms with Gasteiger partial charge in [-0.05, 0) is 58.7 Å². The van der Waals surface area contributed by atoms with Crippen molar-refractivity contribution in [2.45, 2.75) is 32.9 Å². The predicted octanol–water partition coefficient (Wildman–Crippen LogP) is 3.22. The first-order valence-corrected chi connectivity index (χ1v) is 7.84. The molecular weight excluding hydrogens is 390 g/mol. The zero-order valence-electron chi connectivity index (χ0n) is 11.8. The Morgan fingerprint density at radius 3 is 2.65 bits per heavy atom. The van der Waals surface area contributed by atoms with Crippen LogP contribution in [-0.2, 0) is 11.3 Å². The highest BCUT2D eigenvalue weighted by atomic mass is 79.9. The number of nitrogens with one attached hydrogen (secondary N) is 2. The monoisotopic (exact) mass is 407 g/mol. The molecule has 1 aromatic rings. The molecule has 7 heteroatoms. The Kier molecular flexibility index (Phi) is 6.91. The SMILES string of the molecule is CC(C)(C)OC(=O)NCCNCc1ncc(Br)cc1Br. The molecule has 1 heterocycles. The molecule has 0 aliphatic carbocycles. The van der Waals surface area contributed by atoms with E-state index < -0.39 is 11.7 Å². The maximum Gasteiger partial charge on any atom is 0.407 e. The maximum absolute atomic E-state index is 11.4. The van der Waals surface area contributed by atoms with Crippen LogP contribution in [0.3, 0.4) is 0 Å². The van der Waals surface area contributed by atoms with Crippen molar-refractivity contribution in [3.8, 4) is 0 Å². The van der Waals surface area contributed by atoms with Gasteiger partial charge in [0.2, 0.25) is 0 Å². The van der Waals surface area contributed by atoms with Gasteiger partial charge in [0, 0.05) is 34.8 Å². The zero-order chi connectivity index (χ0) is 15.2. The summed E-state index contributed by atoms with van der Waals surface area (Å²) in [5.41, 5.74) is 0.453. The van der Waals surface area contributed by atoms with Crippen LogP contribution in [0.4, 0.5) is 4.79 Å². The number of aromatic nitrogens is 1. The van der Waals surface area contributed by atoms with E-state index in [-0.39, 0.29) is 0 Å². The van der Waals surface area contributed by atoms with Gasteiger partial charge in [0.15, 0.2) is 0 Å². The van der Waals surface area contributed by atoms with E-state index in [0.29, 0.717) is 19.6 Å². The summed E-state index contributed by atoms with van der Waals surface area (Å²) in [5.74, 6) is 0. The lowest BCUT2D eigenvalue weighted by Crippen LogP contribution is -2.36. The second kappa shape index (κ2) is 7.95. The van der Waals surface area contributed by atoms with Crippen molar-refractivity contribution in [2.75, 3.05) is 13.1 Å². The van der Waals surface area contributed by atoms with E-state index in [4.69, 9.17) is 4.74 Å². The molecule has 0 spiro atoms. The topological polar surface area (TPSA) is 63.2 Å². The highest BCUT2D eigenvalue weighted by Gasteiger charge is 2.15. The Balaban J connectivity index is 2.21. The quantitative estimate of drug-likeness (QED) is 0.734. The van der Waals surface area contributed by atoms with Crippen LogP contribution in [0.5, 0.6) is 0 Å². The van der Waals surface area contributed by atoms with Crippen LogP contribution in [0.1, 0.15) is 26.5 Å². The van der Waals surface area contributed by atoms with Crippen molar-refractivity contribution in [1.29, 1.82) is 0 Å². The normalized spacial score (nSPS) is 11.2. The number of pyridine rings is 1. The molecular formula is C13H19Br2N3O2. The maximum atomic E-state index is 11.4. The first-order chi connectivity index (χ1) is 9.28. The number of hydrogen-bond acceptors (Lipinski definition) is 4. The second-order valence-corrected chi connectivity index (χ2v) is 6.96. The lowest BCUT2D eigenvalue weighted by Gasteiger charge is -2.19. The summed E-state index contributed by atoms with van der Waals surface area (Å²) >= 11 is 6.81. The number of nitrogens with zero attached hydrogens (tertiary/aromatic N) is 1. The Morgan fingerprint density at radius 2 is 2.05 bits per heavy atom. The van der Waals surface area contributed by atoms with Crippen LogP contribution < -0.4 is 10.6 Å². The lowest BCUT2D eigenvalue weighted by molar-refractivity contribution is 0.0528. The summed E-state index contributed by atoms with van der Waals surface area (Å²) in [5, 5.41) is 5.89. The minimum absolute atomic E-state index is 0.401. The van der Waals surface area contributed by atoms with Gasteiger partial charge in [0.25, 0.3) is 0 Å². The fourth-order valence-electron chi connectivity index (χ4n) is 1.35. The van der Waals surface area contributed by atoms with Crippen molar-refractivity contribution < 1.29 is 9.53 Å². The molecule has 0 unspecified atom stereocenters. The predicted molar refractivity (Wildman–Crippen MR) is 85.6 cm³/mol. The van der Waals surface area contributed by atoms with Gasteiger partial charge < -0.3 is 15.4 Å². The van der Waals surface area contributed by atoms with Gasteiger partial charge in [-0.2, -0.15) is 0 Å². The summed E-state index contributed by atoms with van der Waals surface area (Å²) in [6.07, 6.45) is 1.35. The molecule has 0 aliphatic heterocycles. The van der Waals surface area contributed by atoms with Crippen molar-refractivity contribution in [3.05, 3.63) is 26.9 Å². The summed E-state index contributed by atoms with van der Waals surface area (Å²) < 4.78 is 7.01. The minimum Gasteiger partial charge on any atom is -0.444 e. The van der Waals surface area contributed by atoms with E-state index in [0.717, 1.165) is 14.6 Å². The molecule has 0 radical (unpaired) electrons. The van der Waals surface area contributed by atoms with Crippen molar-refractivity contribution >= 4 is 38.0 Å². The third kappa shape index (κ3) is 7.21. The number of rotatable bonds is 5. The Labute approximate surface area is 136 Å². The molecule has 2 N–H and O–H groups in total. The highest BCUT2D eigenvalue weighted by Crippen LogP contribution is 2.19. The van der Waals surface area contributed by atoms with E-state index >= 15 is 0 Å². The molecule has 0 atom stereocenters. The molecule has 1 aromatic heterocycles. The Hall–Kier alpha value is -0.660. The minimum atomic E-state index is -0.469. The van der Waals surface area contributed by atoms with E-state index in [1.807, 2.05) is 26.8 Å². The number of alkyl carbamates (subject to hydrolysis) is 1. The third-order valence-corrected chi connectivity index (χ3v) is 3.27. The molecule has 0 aliphatic rings. The van der Waals surface area contributed by atoms with E-state index in [9.17, 15) is 4.79 Å². The molecule has 0 saturated heterocycles. The van der Waals surface area contributed by atoms with Gasteiger partial charge in [-0.1, -0.05) is 0 Å². The molecule has 20 heavy (non-hydrogen) atoms. The van der Waals surface area contributed by atoms with E-state index in [1.54, 1.807) is 6.20 Å². The Bertz CT molecular complexity index is 461. The summed E-state index contributed by atoms with van der Waals surface area (Å²) in [6.45, 7) is 7.28. The zero-order valence-corrected chi connectivity index (χ0v) is 15.0.